The zero-order valence-corrected chi connectivity index (χ0v) is 25.3. The number of allylic oxidation sites excluding steroid dienone is 4. The summed E-state index contributed by atoms with van der Waals surface area (Å²) in [7, 11) is 0. The van der Waals surface area contributed by atoms with E-state index in [1.807, 2.05) is 0 Å². The number of fused-ring (bicyclic) bond motifs is 3. The van der Waals surface area contributed by atoms with Crippen LogP contribution >= 0.6 is 0 Å². The van der Waals surface area contributed by atoms with Crippen LogP contribution in [0.4, 0.5) is 0 Å². The lowest BCUT2D eigenvalue weighted by molar-refractivity contribution is -0.102. The maximum Gasteiger partial charge on any atom is -0.0160 e. The Morgan fingerprint density at radius 2 is 1.33 bits per heavy atom. The van der Waals surface area contributed by atoms with Crippen LogP contribution in [-0.2, 0) is 0 Å². The van der Waals surface area contributed by atoms with Gasteiger partial charge in [-0.05, 0) is 147 Å². The van der Waals surface area contributed by atoms with Gasteiger partial charge in [0.05, 0.1) is 0 Å². The van der Waals surface area contributed by atoms with E-state index in [1.165, 1.54) is 25.7 Å². The minimum atomic E-state index is 0.852. The Kier molecular flexibility index (Phi) is 8.21. The summed E-state index contributed by atoms with van der Waals surface area (Å²) in [6.45, 7) is 20.6. The molecule has 0 saturated heterocycles. The van der Waals surface area contributed by atoms with Crippen LogP contribution in [0.25, 0.3) is 0 Å². The van der Waals surface area contributed by atoms with Crippen molar-refractivity contribution in [3.8, 4) is 0 Å². The van der Waals surface area contributed by atoms with E-state index in [4.69, 9.17) is 0 Å². The second kappa shape index (κ2) is 10.9. The van der Waals surface area contributed by atoms with Gasteiger partial charge in [-0.15, -0.1) is 0 Å². The molecule has 0 aromatic heterocycles. The van der Waals surface area contributed by atoms with Gasteiger partial charge < -0.3 is 0 Å². The van der Waals surface area contributed by atoms with Gasteiger partial charge in [0, 0.05) is 0 Å². The van der Waals surface area contributed by atoms with Crippen molar-refractivity contribution >= 4 is 0 Å². The summed E-state index contributed by atoms with van der Waals surface area (Å²) in [5.41, 5.74) is 1.62. The SMILES string of the molecule is CC(C)C1CC2CC3CC4C(C)C(CCC5=CCC=C5)CC(C(C)C)C4CC3CC2C(C(C)C)C1C. The van der Waals surface area contributed by atoms with Crippen LogP contribution in [0.15, 0.2) is 23.8 Å². The van der Waals surface area contributed by atoms with E-state index >= 15 is 0 Å². The van der Waals surface area contributed by atoms with E-state index in [1.54, 1.807) is 37.7 Å². The van der Waals surface area contributed by atoms with E-state index in [2.05, 4.69) is 73.6 Å². The van der Waals surface area contributed by atoms with Crippen molar-refractivity contribution in [3.63, 3.8) is 0 Å². The molecule has 12 unspecified atom stereocenters. The first kappa shape index (κ1) is 27.1. The third kappa shape index (κ3) is 5.07. The van der Waals surface area contributed by atoms with Gasteiger partial charge in [-0.1, -0.05) is 79.2 Å². The average molecular weight is 493 g/mol. The van der Waals surface area contributed by atoms with Crippen molar-refractivity contribution in [2.45, 2.75) is 113 Å². The van der Waals surface area contributed by atoms with E-state index in [-0.39, 0.29) is 0 Å². The Balaban J connectivity index is 1.33. The minimum absolute atomic E-state index is 0.852. The number of hydrogen-bond acceptors (Lipinski definition) is 0. The van der Waals surface area contributed by atoms with E-state index in [0.717, 1.165) is 88.8 Å². The second-order valence-corrected chi connectivity index (χ2v) is 15.8. The molecular formula is C36H60. The summed E-state index contributed by atoms with van der Waals surface area (Å²) in [5, 5.41) is 0. The van der Waals surface area contributed by atoms with Crippen molar-refractivity contribution in [2.24, 2.45) is 88.8 Å². The highest BCUT2D eigenvalue weighted by Crippen LogP contribution is 2.62. The topological polar surface area (TPSA) is 0 Å². The van der Waals surface area contributed by atoms with Gasteiger partial charge in [-0.25, -0.2) is 0 Å². The normalized spacial score (nSPS) is 46.6. The molecule has 0 amide bonds. The van der Waals surface area contributed by atoms with Crippen LogP contribution in [0.3, 0.4) is 0 Å². The smallest absolute Gasteiger partial charge is 0.0160 e. The van der Waals surface area contributed by atoms with Crippen LogP contribution in [0, 0.1) is 88.8 Å². The van der Waals surface area contributed by atoms with Crippen LogP contribution in [0.1, 0.15) is 113 Å². The first-order valence-electron chi connectivity index (χ1n) is 16.5. The fraction of sp³-hybridized carbons (Fsp3) is 0.889. The summed E-state index contributed by atoms with van der Waals surface area (Å²) in [6.07, 6.45) is 20.6. The lowest BCUT2D eigenvalue weighted by Gasteiger charge is -2.59. The Morgan fingerprint density at radius 3 is 1.97 bits per heavy atom. The van der Waals surface area contributed by atoms with Gasteiger partial charge >= 0.3 is 0 Å². The fourth-order valence-electron chi connectivity index (χ4n) is 11.5. The molecule has 204 valence electrons. The van der Waals surface area contributed by atoms with Crippen molar-refractivity contribution in [1.82, 2.24) is 0 Å². The Hall–Kier alpha value is -0.520. The lowest BCUT2D eigenvalue weighted by atomic mass is 9.46. The van der Waals surface area contributed by atoms with Crippen molar-refractivity contribution < 1.29 is 0 Å². The van der Waals surface area contributed by atoms with Gasteiger partial charge in [0.15, 0.2) is 0 Å². The fourth-order valence-corrected chi connectivity index (χ4v) is 11.5. The summed E-state index contributed by atoms with van der Waals surface area (Å²) in [4.78, 5) is 0. The van der Waals surface area contributed by atoms with Crippen molar-refractivity contribution in [3.05, 3.63) is 23.8 Å². The van der Waals surface area contributed by atoms with Crippen molar-refractivity contribution in [1.29, 1.82) is 0 Å². The summed E-state index contributed by atoms with van der Waals surface area (Å²) >= 11 is 0. The van der Waals surface area contributed by atoms with Crippen LogP contribution in [0.2, 0.25) is 0 Å². The molecule has 5 aliphatic rings. The molecule has 36 heavy (non-hydrogen) atoms. The molecule has 0 aromatic rings. The molecule has 0 N–H and O–H groups in total. The molecule has 5 aliphatic carbocycles. The zero-order valence-electron chi connectivity index (χ0n) is 25.3. The van der Waals surface area contributed by atoms with Gasteiger partial charge in [0.2, 0.25) is 0 Å². The molecular weight excluding hydrogens is 432 g/mol. The van der Waals surface area contributed by atoms with E-state index < -0.39 is 0 Å². The lowest BCUT2D eigenvalue weighted by Crippen LogP contribution is -2.52. The summed E-state index contributed by atoms with van der Waals surface area (Å²) in [5.74, 6) is 14.4. The molecule has 5 rings (SSSR count). The Labute approximate surface area is 225 Å². The number of rotatable bonds is 6. The monoisotopic (exact) mass is 492 g/mol. The summed E-state index contributed by atoms with van der Waals surface area (Å²) in [6, 6.07) is 0. The minimum Gasteiger partial charge on any atom is -0.0805 e. The molecule has 4 saturated carbocycles. The van der Waals surface area contributed by atoms with Crippen molar-refractivity contribution in [2.75, 3.05) is 0 Å². The average Bonchev–Trinajstić information content (AvgIpc) is 3.34. The molecule has 0 radical (unpaired) electrons. The molecule has 0 aliphatic heterocycles. The van der Waals surface area contributed by atoms with Gasteiger partial charge in [0.1, 0.15) is 0 Å². The van der Waals surface area contributed by atoms with E-state index in [9.17, 15) is 0 Å². The molecule has 12 atom stereocenters. The Bertz CT molecular complexity index is 797. The molecule has 4 fully saturated rings. The standard InChI is InChI=1S/C36H60/c1-21(2)31-20-30-15-28-17-33-24(7)27(14-13-26-11-9-10-12-26)16-32(22(3)4)35(33)19-29(28)18-34(30)36(23(5)6)25(31)8/h9,11-12,21-25,27-36H,10,13-20H2,1-8H3. The molecule has 0 bridgehead atoms. The summed E-state index contributed by atoms with van der Waals surface area (Å²) < 4.78 is 0. The van der Waals surface area contributed by atoms with Crippen LogP contribution < -0.4 is 0 Å². The van der Waals surface area contributed by atoms with Gasteiger partial charge in [-0.3, -0.25) is 0 Å². The maximum atomic E-state index is 2.69. The molecule has 0 heteroatoms. The highest BCUT2D eigenvalue weighted by atomic mass is 14.6. The highest BCUT2D eigenvalue weighted by molar-refractivity contribution is 5.25. The predicted molar refractivity (Wildman–Crippen MR) is 157 cm³/mol. The Morgan fingerprint density at radius 1 is 0.667 bits per heavy atom. The maximum absolute atomic E-state index is 2.69. The zero-order chi connectivity index (χ0) is 25.7. The predicted octanol–water partition coefficient (Wildman–Crippen LogP) is 10.5. The molecule has 0 aromatic carbocycles. The first-order valence-corrected chi connectivity index (χ1v) is 16.5. The largest absolute Gasteiger partial charge is 0.0805 e. The molecule has 0 heterocycles. The number of hydrogen-bond donors (Lipinski definition) is 0. The second-order valence-electron chi connectivity index (χ2n) is 15.8. The van der Waals surface area contributed by atoms with E-state index in [0.29, 0.717) is 0 Å². The highest BCUT2D eigenvalue weighted by Gasteiger charge is 2.54. The quantitative estimate of drug-likeness (QED) is 0.346. The molecule has 0 nitrogen and oxygen atoms in total. The third-order valence-electron chi connectivity index (χ3n) is 13.2. The van der Waals surface area contributed by atoms with Gasteiger partial charge in [-0.2, -0.15) is 0 Å². The first-order chi connectivity index (χ1) is 17.2. The van der Waals surface area contributed by atoms with Gasteiger partial charge in [0.25, 0.3) is 0 Å². The molecule has 0 spiro atoms. The third-order valence-corrected chi connectivity index (χ3v) is 13.2. The van der Waals surface area contributed by atoms with Crippen LogP contribution in [0.5, 0.6) is 0 Å². The van der Waals surface area contributed by atoms with Crippen LogP contribution in [-0.4, -0.2) is 0 Å².